The van der Waals surface area contributed by atoms with Gasteiger partial charge in [0.05, 0.1) is 0 Å². The lowest BCUT2D eigenvalue weighted by Gasteiger charge is -2.00. The fourth-order valence-corrected chi connectivity index (χ4v) is 1.78. The van der Waals surface area contributed by atoms with Gasteiger partial charge in [-0.2, -0.15) is 0 Å². The number of rotatable bonds is 4. The molecule has 0 atom stereocenters. The fraction of sp³-hybridized carbons (Fsp3) is 0.0625. The van der Waals surface area contributed by atoms with E-state index in [0.717, 1.165) is 11.3 Å². The molecular weight excluding hydrogens is 258 g/mol. The minimum Gasteiger partial charge on any atom is -0.362 e. The Bertz CT molecular complexity index is 602. The fourth-order valence-electron chi connectivity index (χ4n) is 1.65. The number of hydrogen-bond donors (Lipinski definition) is 1. The second-order valence-electron chi connectivity index (χ2n) is 4.22. The number of allylic oxidation sites excluding steroid dienone is 1. The second-order valence-corrected chi connectivity index (χ2v) is 4.65. The molecule has 2 aromatic carbocycles. The van der Waals surface area contributed by atoms with E-state index in [1.807, 2.05) is 43.3 Å². The molecule has 2 rings (SSSR count). The molecule has 0 aromatic heterocycles. The summed E-state index contributed by atoms with van der Waals surface area (Å²) in [7, 11) is 0. The molecule has 0 bridgehead atoms. The minimum atomic E-state index is -0.0230. The lowest BCUT2D eigenvalue weighted by atomic mass is 10.1. The van der Waals surface area contributed by atoms with Crippen LogP contribution in [-0.2, 0) is 0 Å². The van der Waals surface area contributed by atoms with E-state index >= 15 is 0 Å². The highest BCUT2D eigenvalue weighted by molar-refractivity contribution is 6.30. The van der Waals surface area contributed by atoms with Crippen LogP contribution in [0.15, 0.2) is 60.8 Å². The Balaban J connectivity index is 1.99. The molecule has 0 heterocycles. The molecule has 0 aliphatic carbocycles. The summed E-state index contributed by atoms with van der Waals surface area (Å²) in [5, 5.41) is 3.71. The van der Waals surface area contributed by atoms with E-state index in [1.165, 1.54) is 6.08 Å². The van der Waals surface area contributed by atoms with Crippen LogP contribution in [-0.4, -0.2) is 5.78 Å². The van der Waals surface area contributed by atoms with Crippen molar-refractivity contribution in [3.63, 3.8) is 0 Å². The van der Waals surface area contributed by atoms with Gasteiger partial charge in [-0.15, -0.1) is 0 Å². The van der Waals surface area contributed by atoms with Crippen molar-refractivity contribution < 1.29 is 4.79 Å². The van der Waals surface area contributed by atoms with Crippen LogP contribution in [0.25, 0.3) is 0 Å². The Morgan fingerprint density at radius 1 is 1.16 bits per heavy atom. The summed E-state index contributed by atoms with van der Waals surface area (Å²) >= 11 is 5.79. The largest absolute Gasteiger partial charge is 0.362 e. The topological polar surface area (TPSA) is 29.1 Å². The maximum Gasteiger partial charge on any atom is 0.187 e. The predicted molar refractivity (Wildman–Crippen MR) is 79.7 cm³/mol. The summed E-state index contributed by atoms with van der Waals surface area (Å²) < 4.78 is 0. The Kier molecular flexibility index (Phi) is 4.37. The molecule has 96 valence electrons. The third-order valence-electron chi connectivity index (χ3n) is 2.63. The normalized spacial score (nSPS) is 10.6. The first-order chi connectivity index (χ1) is 9.15. The van der Waals surface area contributed by atoms with Crippen LogP contribution in [0.4, 0.5) is 5.69 Å². The van der Waals surface area contributed by atoms with Gasteiger partial charge in [0.2, 0.25) is 0 Å². The highest BCUT2D eigenvalue weighted by Crippen LogP contribution is 2.13. The van der Waals surface area contributed by atoms with Gasteiger partial charge in [0, 0.05) is 28.5 Å². The summed E-state index contributed by atoms with van der Waals surface area (Å²) in [6.45, 7) is 1.96. The molecule has 2 aromatic rings. The van der Waals surface area contributed by atoms with Gasteiger partial charge in [0.1, 0.15) is 0 Å². The molecule has 0 amide bonds. The quantitative estimate of drug-likeness (QED) is 0.657. The molecule has 1 N–H and O–H groups in total. The van der Waals surface area contributed by atoms with Gasteiger partial charge in [-0.1, -0.05) is 35.4 Å². The molecular formula is C16H14ClNO. The van der Waals surface area contributed by atoms with E-state index < -0.39 is 0 Å². The average Bonchev–Trinajstić information content (AvgIpc) is 2.41. The number of carbonyl (C=O) groups excluding carboxylic acids is 1. The highest BCUT2D eigenvalue weighted by Gasteiger charge is 2.00. The summed E-state index contributed by atoms with van der Waals surface area (Å²) in [4.78, 5) is 11.9. The first-order valence-corrected chi connectivity index (χ1v) is 6.32. The van der Waals surface area contributed by atoms with Crippen LogP contribution >= 0.6 is 11.6 Å². The zero-order valence-electron chi connectivity index (χ0n) is 10.6. The van der Waals surface area contributed by atoms with Gasteiger partial charge in [-0.3, -0.25) is 4.79 Å². The molecule has 0 aliphatic heterocycles. The van der Waals surface area contributed by atoms with E-state index in [1.54, 1.807) is 18.3 Å². The van der Waals surface area contributed by atoms with Crippen molar-refractivity contribution in [1.82, 2.24) is 0 Å². The van der Waals surface area contributed by atoms with Crippen LogP contribution in [0.5, 0.6) is 0 Å². The first kappa shape index (κ1) is 13.4. The van der Waals surface area contributed by atoms with Gasteiger partial charge in [-0.25, -0.2) is 0 Å². The Hall–Kier alpha value is -2.06. The molecule has 0 spiro atoms. The van der Waals surface area contributed by atoms with Crippen LogP contribution in [0.2, 0.25) is 5.02 Å². The Morgan fingerprint density at radius 2 is 1.89 bits per heavy atom. The van der Waals surface area contributed by atoms with Crippen LogP contribution in [0.3, 0.4) is 0 Å². The molecule has 0 fully saturated rings. The van der Waals surface area contributed by atoms with Gasteiger partial charge in [0.25, 0.3) is 0 Å². The van der Waals surface area contributed by atoms with Crippen molar-refractivity contribution in [1.29, 1.82) is 0 Å². The molecule has 0 saturated heterocycles. The monoisotopic (exact) mass is 271 g/mol. The van der Waals surface area contributed by atoms with Crippen LogP contribution < -0.4 is 5.32 Å². The molecule has 0 saturated carbocycles. The summed E-state index contributed by atoms with van der Waals surface area (Å²) in [5.41, 5.74) is 2.65. The minimum absolute atomic E-state index is 0.0230. The van der Waals surface area contributed by atoms with Gasteiger partial charge in [0.15, 0.2) is 5.78 Å². The molecule has 0 radical (unpaired) electrons. The summed E-state index contributed by atoms with van der Waals surface area (Å²) in [5.74, 6) is -0.0230. The molecule has 19 heavy (non-hydrogen) atoms. The number of carbonyl (C=O) groups is 1. The van der Waals surface area contributed by atoms with E-state index in [9.17, 15) is 4.79 Å². The van der Waals surface area contributed by atoms with Crippen molar-refractivity contribution in [2.75, 3.05) is 5.32 Å². The lowest BCUT2D eigenvalue weighted by Crippen LogP contribution is -1.96. The third kappa shape index (κ3) is 3.97. The lowest BCUT2D eigenvalue weighted by molar-refractivity contribution is 0.104. The van der Waals surface area contributed by atoms with E-state index in [2.05, 4.69) is 5.32 Å². The maximum atomic E-state index is 11.9. The summed E-state index contributed by atoms with van der Waals surface area (Å²) in [6, 6.07) is 14.8. The SMILES string of the molecule is Cc1cccc(C(=O)/C=C\Nc2ccc(Cl)cc2)c1. The van der Waals surface area contributed by atoms with Crippen molar-refractivity contribution in [3.8, 4) is 0 Å². The van der Waals surface area contributed by atoms with Crippen LogP contribution in [0, 0.1) is 6.92 Å². The number of aryl methyl sites for hydroxylation is 1. The number of anilines is 1. The number of nitrogens with one attached hydrogen (secondary N) is 1. The molecule has 2 nitrogen and oxygen atoms in total. The number of benzene rings is 2. The van der Waals surface area contributed by atoms with E-state index in [4.69, 9.17) is 11.6 Å². The van der Waals surface area contributed by atoms with Gasteiger partial charge in [-0.05, 0) is 37.3 Å². The van der Waals surface area contributed by atoms with Crippen LogP contribution in [0.1, 0.15) is 15.9 Å². The standard InChI is InChI=1S/C16H14ClNO/c1-12-3-2-4-13(11-12)16(19)9-10-18-15-7-5-14(17)6-8-15/h2-11,18H,1H3/b10-9-. The average molecular weight is 272 g/mol. The number of ketones is 1. The zero-order chi connectivity index (χ0) is 13.7. The van der Waals surface area contributed by atoms with Crippen molar-refractivity contribution in [2.45, 2.75) is 6.92 Å². The van der Waals surface area contributed by atoms with Crippen molar-refractivity contribution in [3.05, 3.63) is 77.0 Å². The predicted octanol–water partition coefficient (Wildman–Crippen LogP) is 4.46. The van der Waals surface area contributed by atoms with Gasteiger partial charge < -0.3 is 5.32 Å². The highest BCUT2D eigenvalue weighted by atomic mass is 35.5. The van der Waals surface area contributed by atoms with E-state index in [0.29, 0.717) is 10.6 Å². The summed E-state index contributed by atoms with van der Waals surface area (Å²) in [6.07, 6.45) is 3.15. The van der Waals surface area contributed by atoms with Crippen molar-refractivity contribution >= 4 is 23.1 Å². The molecule has 0 aliphatic rings. The van der Waals surface area contributed by atoms with Crippen molar-refractivity contribution in [2.24, 2.45) is 0 Å². The first-order valence-electron chi connectivity index (χ1n) is 5.95. The second kappa shape index (κ2) is 6.21. The molecule has 3 heteroatoms. The molecule has 0 unspecified atom stereocenters. The smallest absolute Gasteiger partial charge is 0.187 e. The van der Waals surface area contributed by atoms with E-state index in [-0.39, 0.29) is 5.78 Å². The zero-order valence-corrected chi connectivity index (χ0v) is 11.3. The maximum absolute atomic E-state index is 11.9. The number of hydrogen-bond acceptors (Lipinski definition) is 2. The number of halogens is 1. The Labute approximate surface area is 117 Å². The third-order valence-corrected chi connectivity index (χ3v) is 2.88. The van der Waals surface area contributed by atoms with Gasteiger partial charge >= 0.3 is 0 Å². The Morgan fingerprint density at radius 3 is 2.58 bits per heavy atom.